The van der Waals surface area contributed by atoms with Crippen LogP contribution in [-0.4, -0.2) is 35.6 Å². The van der Waals surface area contributed by atoms with Gasteiger partial charge in [-0.1, -0.05) is 0 Å². The highest BCUT2D eigenvalue weighted by Crippen LogP contribution is 2.34. The second-order valence-corrected chi connectivity index (χ2v) is 8.64. The van der Waals surface area contributed by atoms with E-state index in [0.29, 0.717) is 12.2 Å². The molecule has 1 fully saturated rings. The third kappa shape index (κ3) is 2.75. The van der Waals surface area contributed by atoms with Gasteiger partial charge in [-0.05, 0) is 44.2 Å². The molecule has 3 heterocycles. The first-order chi connectivity index (χ1) is 11.5. The largest absolute Gasteiger partial charge is 0.459 e. The zero-order chi connectivity index (χ0) is 16.7. The lowest BCUT2D eigenvalue weighted by molar-refractivity contribution is 0.0995. The topological polar surface area (TPSA) is 94.2 Å². The van der Waals surface area contributed by atoms with Crippen LogP contribution in [0.4, 0.5) is 5.82 Å². The number of furan rings is 1. The maximum absolute atomic E-state index is 12.4. The monoisotopic (exact) mass is 349 g/mol. The summed E-state index contributed by atoms with van der Waals surface area (Å²) >= 11 is 0. The number of anilines is 1. The van der Waals surface area contributed by atoms with Crippen LogP contribution in [0.1, 0.15) is 47.1 Å². The first-order valence-corrected chi connectivity index (χ1v) is 10.0. The number of amides is 1. The van der Waals surface area contributed by atoms with Crippen molar-refractivity contribution in [1.29, 1.82) is 0 Å². The van der Waals surface area contributed by atoms with Crippen LogP contribution in [0.2, 0.25) is 0 Å². The summed E-state index contributed by atoms with van der Waals surface area (Å²) in [5, 5.41) is 7.54. The van der Waals surface area contributed by atoms with Gasteiger partial charge in [0.25, 0.3) is 5.91 Å². The number of rotatable bonds is 3. The van der Waals surface area contributed by atoms with E-state index < -0.39 is 9.84 Å². The lowest BCUT2D eigenvalue weighted by Gasteiger charge is -2.15. The number of hydrogen-bond acceptors (Lipinski definition) is 5. The molecule has 1 aliphatic heterocycles. The Hall–Kier alpha value is -2.09. The summed E-state index contributed by atoms with van der Waals surface area (Å²) in [7, 11) is -3.03. The highest BCUT2D eigenvalue weighted by molar-refractivity contribution is 7.91. The van der Waals surface area contributed by atoms with Crippen LogP contribution in [0, 0.1) is 0 Å². The molecule has 7 nitrogen and oxygen atoms in total. The molecule has 24 heavy (non-hydrogen) atoms. The Morgan fingerprint density at radius 2 is 2.17 bits per heavy atom. The fourth-order valence-electron chi connectivity index (χ4n) is 3.52. The van der Waals surface area contributed by atoms with Gasteiger partial charge in [-0.2, -0.15) is 5.10 Å². The van der Waals surface area contributed by atoms with Gasteiger partial charge in [0.05, 0.1) is 29.5 Å². The summed E-state index contributed by atoms with van der Waals surface area (Å²) in [4.78, 5) is 12.4. The number of nitrogens with zero attached hydrogens (tertiary/aromatic N) is 2. The van der Waals surface area contributed by atoms with E-state index in [2.05, 4.69) is 10.4 Å². The van der Waals surface area contributed by atoms with Gasteiger partial charge in [0.1, 0.15) is 5.82 Å². The highest BCUT2D eigenvalue weighted by Gasteiger charge is 2.34. The molecule has 1 aliphatic carbocycles. The minimum absolute atomic E-state index is 0.0805. The lowest BCUT2D eigenvalue weighted by Crippen LogP contribution is -2.20. The first-order valence-electron chi connectivity index (χ1n) is 8.19. The maximum Gasteiger partial charge on any atom is 0.292 e. The molecule has 2 aromatic heterocycles. The van der Waals surface area contributed by atoms with Gasteiger partial charge in [-0.3, -0.25) is 4.79 Å². The number of carbonyl (C=O) groups excluding carboxylic acids is 1. The molecule has 0 bridgehead atoms. The second kappa shape index (κ2) is 5.77. The summed E-state index contributed by atoms with van der Waals surface area (Å²) in [5.41, 5.74) is 2.01. The Morgan fingerprint density at radius 3 is 2.88 bits per heavy atom. The molecule has 1 atom stereocenters. The zero-order valence-corrected chi connectivity index (χ0v) is 14.0. The zero-order valence-electron chi connectivity index (χ0n) is 13.2. The lowest BCUT2D eigenvalue weighted by atomic mass is 9.97. The molecule has 0 unspecified atom stereocenters. The minimum atomic E-state index is -3.03. The van der Waals surface area contributed by atoms with Crippen molar-refractivity contribution in [2.45, 2.75) is 38.1 Å². The van der Waals surface area contributed by atoms with Crippen molar-refractivity contribution in [3.63, 3.8) is 0 Å². The second-order valence-electron chi connectivity index (χ2n) is 6.41. The van der Waals surface area contributed by atoms with E-state index in [4.69, 9.17) is 4.42 Å². The number of nitrogens with one attached hydrogen (secondary N) is 1. The number of fused-ring (bicyclic) bond motifs is 1. The molecule has 8 heteroatoms. The van der Waals surface area contributed by atoms with Gasteiger partial charge >= 0.3 is 0 Å². The summed E-state index contributed by atoms with van der Waals surface area (Å²) in [5.74, 6) is 0.778. The quantitative estimate of drug-likeness (QED) is 0.914. The average molecular weight is 349 g/mol. The molecule has 1 N–H and O–H groups in total. The smallest absolute Gasteiger partial charge is 0.292 e. The van der Waals surface area contributed by atoms with Crippen molar-refractivity contribution in [3.05, 3.63) is 35.4 Å². The Kier molecular flexibility index (Phi) is 3.71. The van der Waals surface area contributed by atoms with E-state index in [0.717, 1.165) is 36.9 Å². The standard InChI is InChI=1S/C16H19N3O4S/c20-16(14-6-3-8-23-14)17-15-12-4-1-2-5-13(12)18-19(15)11-7-9-24(21,22)10-11/h3,6,8,11H,1-2,4-5,7,9-10H2,(H,17,20)/t11-/m1/s1. The van der Waals surface area contributed by atoms with Crippen molar-refractivity contribution in [2.24, 2.45) is 0 Å². The fourth-order valence-corrected chi connectivity index (χ4v) is 5.21. The first kappa shape index (κ1) is 15.4. The van der Waals surface area contributed by atoms with Crippen molar-refractivity contribution in [1.82, 2.24) is 9.78 Å². The molecule has 0 saturated carbocycles. The molecule has 1 saturated heterocycles. The van der Waals surface area contributed by atoms with Crippen molar-refractivity contribution >= 4 is 21.6 Å². The molecular formula is C16H19N3O4S. The third-order valence-corrected chi connectivity index (χ3v) is 6.46. The van der Waals surface area contributed by atoms with E-state index in [-0.39, 0.29) is 29.2 Å². The Balaban J connectivity index is 1.71. The predicted molar refractivity (Wildman–Crippen MR) is 87.8 cm³/mol. The van der Waals surface area contributed by atoms with Gasteiger partial charge in [0.2, 0.25) is 0 Å². The van der Waals surface area contributed by atoms with Gasteiger partial charge in [0.15, 0.2) is 15.6 Å². The van der Waals surface area contributed by atoms with Crippen LogP contribution in [0.25, 0.3) is 0 Å². The third-order valence-electron chi connectivity index (χ3n) is 4.71. The van der Waals surface area contributed by atoms with Gasteiger partial charge in [0, 0.05) is 5.56 Å². The summed E-state index contributed by atoms with van der Waals surface area (Å²) in [6, 6.07) is 3.04. The van der Waals surface area contributed by atoms with Gasteiger partial charge in [-0.25, -0.2) is 13.1 Å². The Morgan fingerprint density at radius 1 is 1.33 bits per heavy atom. The van der Waals surface area contributed by atoms with Crippen LogP contribution >= 0.6 is 0 Å². The molecule has 0 radical (unpaired) electrons. The molecule has 2 aromatic rings. The number of aromatic nitrogens is 2. The number of aryl methyl sites for hydroxylation is 1. The molecule has 128 valence electrons. The van der Waals surface area contributed by atoms with E-state index in [1.165, 1.54) is 6.26 Å². The van der Waals surface area contributed by atoms with Crippen molar-refractivity contribution in [3.8, 4) is 0 Å². The van der Waals surface area contributed by atoms with Crippen LogP contribution in [0.15, 0.2) is 22.8 Å². The number of hydrogen-bond donors (Lipinski definition) is 1. The van der Waals surface area contributed by atoms with E-state index in [1.807, 2.05) is 0 Å². The molecule has 1 amide bonds. The van der Waals surface area contributed by atoms with Crippen LogP contribution in [0.5, 0.6) is 0 Å². The predicted octanol–water partition coefficient (Wildman–Crippen LogP) is 1.97. The van der Waals surface area contributed by atoms with Gasteiger partial charge < -0.3 is 9.73 Å². The van der Waals surface area contributed by atoms with Gasteiger partial charge in [-0.15, -0.1) is 0 Å². The number of sulfone groups is 1. The fraction of sp³-hybridized carbons (Fsp3) is 0.500. The Bertz CT molecular complexity index is 868. The van der Waals surface area contributed by atoms with E-state index in [9.17, 15) is 13.2 Å². The molecule has 4 rings (SSSR count). The van der Waals surface area contributed by atoms with Crippen LogP contribution in [-0.2, 0) is 22.7 Å². The molecular weight excluding hydrogens is 330 g/mol. The average Bonchev–Trinajstić information content (AvgIpc) is 3.26. The summed E-state index contributed by atoms with van der Waals surface area (Å²) in [6.07, 6.45) is 5.82. The van der Waals surface area contributed by atoms with E-state index >= 15 is 0 Å². The SMILES string of the molecule is O=C(Nc1c2c(nn1[C@@H]1CCS(=O)(=O)C1)CCCC2)c1ccco1. The Labute approximate surface area is 139 Å². The van der Waals surface area contributed by atoms with Crippen LogP contribution in [0.3, 0.4) is 0 Å². The normalized spacial score (nSPS) is 22.2. The number of carbonyl (C=O) groups is 1. The summed E-state index contributed by atoms with van der Waals surface area (Å²) in [6.45, 7) is 0. The molecule has 0 spiro atoms. The van der Waals surface area contributed by atoms with Crippen molar-refractivity contribution in [2.75, 3.05) is 16.8 Å². The summed E-state index contributed by atoms with van der Waals surface area (Å²) < 4.78 is 30.5. The minimum Gasteiger partial charge on any atom is -0.459 e. The molecule has 2 aliphatic rings. The van der Waals surface area contributed by atoms with Crippen LogP contribution < -0.4 is 5.32 Å². The highest BCUT2D eigenvalue weighted by atomic mass is 32.2. The molecule has 0 aromatic carbocycles. The van der Waals surface area contributed by atoms with E-state index in [1.54, 1.807) is 16.8 Å². The maximum atomic E-state index is 12.4. The van der Waals surface area contributed by atoms with Crippen molar-refractivity contribution < 1.29 is 17.6 Å².